The lowest BCUT2D eigenvalue weighted by molar-refractivity contribution is 0.0593. The number of rotatable bonds is 3. The molecule has 0 spiro atoms. The highest BCUT2D eigenvalue weighted by Crippen LogP contribution is 2.05. The van der Waals surface area contributed by atoms with Crippen LogP contribution in [0.25, 0.3) is 0 Å². The molecule has 0 atom stereocenters. The molecule has 1 aromatic heterocycles. The van der Waals surface area contributed by atoms with Crippen molar-refractivity contribution in [2.24, 2.45) is 0 Å². The van der Waals surface area contributed by atoms with Crippen molar-refractivity contribution in [3.63, 3.8) is 0 Å². The van der Waals surface area contributed by atoms with Crippen molar-refractivity contribution < 1.29 is 14.6 Å². The third-order valence-corrected chi connectivity index (χ3v) is 1.72. The molecule has 0 aliphatic heterocycles. The summed E-state index contributed by atoms with van der Waals surface area (Å²) in [5.41, 5.74) is 0.844. The minimum absolute atomic E-state index is 0.127. The average molecular weight is 184 g/mol. The first-order valence-electron chi connectivity index (χ1n) is 3.98. The molecule has 0 saturated carbocycles. The van der Waals surface area contributed by atoms with Crippen LogP contribution in [0, 0.1) is 0 Å². The van der Waals surface area contributed by atoms with E-state index in [-0.39, 0.29) is 12.3 Å². The van der Waals surface area contributed by atoms with Gasteiger partial charge in [0.2, 0.25) is 0 Å². The monoisotopic (exact) mass is 184 g/mol. The molecule has 1 heterocycles. The lowest BCUT2D eigenvalue weighted by atomic mass is 10.3. The van der Waals surface area contributed by atoms with Gasteiger partial charge in [-0.2, -0.15) is 5.10 Å². The summed E-state index contributed by atoms with van der Waals surface area (Å²) in [6.07, 6.45) is 0. The summed E-state index contributed by atoms with van der Waals surface area (Å²) in [5, 5.41) is 12.9. The van der Waals surface area contributed by atoms with Gasteiger partial charge in [-0.25, -0.2) is 4.79 Å². The van der Waals surface area contributed by atoms with Crippen LogP contribution in [0.1, 0.15) is 23.1 Å². The van der Waals surface area contributed by atoms with Gasteiger partial charge >= 0.3 is 5.97 Å². The Bertz CT molecular complexity index is 285. The van der Waals surface area contributed by atoms with E-state index in [0.717, 1.165) is 0 Å². The number of methoxy groups -OCH3 is 1. The molecule has 0 amide bonds. The Labute approximate surface area is 75.9 Å². The van der Waals surface area contributed by atoms with Crippen LogP contribution < -0.4 is 0 Å². The van der Waals surface area contributed by atoms with Crippen LogP contribution in [0.2, 0.25) is 0 Å². The summed E-state index contributed by atoms with van der Waals surface area (Å²) in [6.45, 7) is 2.37. The predicted molar refractivity (Wildman–Crippen MR) is 45.2 cm³/mol. The second-order valence-corrected chi connectivity index (χ2v) is 2.49. The molecule has 0 bridgehead atoms. The second-order valence-electron chi connectivity index (χ2n) is 2.49. The Morgan fingerprint density at radius 1 is 1.77 bits per heavy atom. The fraction of sp³-hybridized carbons (Fsp3) is 0.500. The van der Waals surface area contributed by atoms with Crippen LogP contribution in [0.4, 0.5) is 0 Å². The zero-order valence-corrected chi connectivity index (χ0v) is 7.65. The molecule has 0 unspecified atom stereocenters. The Morgan fingerprint density at radius 2 is 2.46 bits per heavy atom. The third kappa shape index (κ3) is 1.86. The van der Waals surface area contributed by atoms with Gasteiger partial charge in [0, 0.05) is 6.54 Å². The molecule has 5 nitrogen and oxygen atoms in total. The number of aliphatic hydroxyl groups is 1. The van der Waals surface area contributed by atoms with Gasteiger partial charge in [-0.1, -0.05) is 0 Å². The number of aryl methyl sites for hydroxylation is 1. The molecular weight excluding hydrogens is 172 g/mol. The molecule has 0 aliphatic rings. The molecule has 5 heteroatoms. The molecule has 0 saturated heterocycles. The van der Waals surface area contributed by atoms with Gasteiger partial charge in [0.1, 0.15) is 0 Å². The summed E-state index contributed by atoms with van der Waals surface area (Å²) >= 11 is 0. The first-order valence-corrected chi connectivity index (χ1v) is 3.98. The largest absolute Gasteiger partial charge is 0.464 e. The van der Waals surface area contributed by atoms with E-state index < -0.39 is 5.97 Å². The highest BCUT2D eigenvalue weighted by molar-refractivity contribution is 5.87. The van der Waals surface area contributed by atoms with E-state index >= 15 is 0 Å². The maximum atomic E-state index is 11.0. The highest BCUT2D eigenvalue weighted by atomic mass is 16.5. The predicted octanol–water partition coefficient (Wildman–Crippen LogP) is 0.182. The maximum absolute atomic E-state index is 11.0. The highest BCUT2D eigenvalue weighted by Gasteiger charge is 2.12. The Hall–Kier alpha value is -1.36. The SMILES string of the molecule is CCn1nc(C(=O)OC)cc1CO. The van der Waals surface area contributed by atoms with Crippen LogP contribution in [0.5, 0.6) is 0 Å². The molecule has 13 heavy (non-hydrogen) atoms. The number of nitrogens with zero attached hydrogens (tertiary/aromatic N) is 2. The Morgan fingerprint density at radius 3 is 2.85 bits per heavy atom. The van der Waals surface area contributed by atoms with Crippen LogP contribution >= 0.6 is 0 Å². The first-order chi connectivity index (χ1) is 6.22. The molecule has 1 aromatic rings. The van der Waals surface area contributed by atoms with Gasteiger partial charge in [0.15, 0.2) is 5.69 Å². The maximum Gasteiger partial charge on any atom is 0.358 e. The fourth-order valence-electron chi connectivity index (χ4n) is 1.06. The zero-order valence-electron chi connectivity index (χ0n) is 7.65. The lowest BCUT2D eigenvalue weighted by Crippen LogP contribution is -2.05. The van der Waals surface area contributed by atoms with Crippen LogP contribution in [0.15, 0.2) is 6.07 Å². The Balaban J connectivity index is 2.99. The van der Waals surface area contributed by atoms with E-state index in [2.05, 4.69) is 9.84 Å². The van der Waals surface area contributed by atoms with Crippen molar-refractivity contribution in [2.75, 3.05) is 7.11 Å². The minimum atomic E-state index is -0.484. The van der Waals surface area contributed by atoms with Gasteiger partial charge in [0.05, 0.1) is 19.4 Å². The van der Waals surface area contributed by atoms with E-state index in [1.807, 2.05) is 6.92 Å². The van der Waals surface area contributed by atoms with Crippen molar-refractivity contribution in [2.45, 2.75) is 20.1 Å². The van der Waals surface area contributed by atoms with E-state index in [1.165, 1.54) is 13.2 Å². The van der Waals surface area contributed by atoms with Crippen molar-refractivity contribution in [1.29, 1.82) is 0 Å². The van der Waals surface area contributed by atoms with E-state index in [1.54, 1.807) is 4.68 Å². The molecule has 0 radical (unpaired) electrons. The van der Waals surface area contributed by atoms with Gasteiger partial charge in [-0.15, -0.1) is 0 Å². The normalized spacial score (nSPS) is 10.1. The van der Waals surface area contributed by atoms with Crippen molar-refractivity contribution >= 4 is 5.97 Å². The quantitative estimate of drug-likeness (QED) is 0.681. The van der Waals surface area contributed by atoms with Crippen LogP contribution in [0.3, 0.4) is 0 Å². The number of esters is 1. The molecule has 72 valence electrons. The molecule has 0 aromatic carbocycles. The van der Waals surface area contributed by atoms with Crippen molar-refractivity contribution in [1.82, 2.24) is 9.78 Å². The summed E-state index contributed by atoms with van der Waals surface area (Å²) in [6, 6.07) is 1.52. The van der Waals surface area contributed by atoms with Crippen molar-refractivity contribution in [3.8, 4) is 0 Å². The molecule has 0 fully saturated rings. The summed E-state index contributed by atoms with van der Waals surface area (Å²) in [7, 11) is 1.30. The number of aromatic nitrogens is 2. The number of carbonyl (C=O) groups is 1. The second kappa shape index (κ2) is 4.04. The molecular formula is C8H12N2O3. The smallest absolute Gasteiger partial charge is 0.358 e. The van der Waals surface area contributed by atoms with E-state index in [4.69, 9.17) is 5.11 Å². The third-order valence-electron chi connectivity index (χ3n) is 1.72. The fourth-order valence-corrected chi connectivity index (χ4v) is 1.06. The van der Waals surface area contributed by atoms with Crippen LogP contribution in [-0.4, -0.2) is 28.0 Å². The minimum Gasteiger partial charge on any atom is -0.464 e. The number of aliphatic hydroxyl groups excluding tert-OH is 1. The van der Waals surface area contributed by atoms with Gasteiger partial charge < -0.3 is 9.84 Å². The summed E-state index contributed by atoms with van der Waals surface area (Å²) in [5.74, 6) is -0.484. The average Bonchev–Trinajstić information content (AvgIpc) is 2.59. The molecule has 1 N–H and O–H groups in total. The number of ether oxygens (including phenoxy) is 1. The zero-order chi connectivity index (χ0) is 9.84. The molecule has 1 rings (SSSR count). The van der Waals surface area contributed by atoms with E-state index in [9.17, 15) is 4.79 Å². The summed E-state index contributed by atoms with van der Waals surface area (Å²) in [4.78, 5) is 11.0. The lowest BCUT2D eigenvalue weighted by Gasteiger charge is -1.98. The van der Waals surface area contributed by atoms with Crippen LogP contribution in [-0.2, 0) is 17.9 Å². The Kier molecular flexibility index (Phi) is 3.02. The van der Waals surface area contributed by atoms with Gasteiger partial charge in [-0.3, -0.25) is 4.68 Å². The topological polar surface area (TPSA) is 64.4 Å². The molecule has 0 aliphatic carbocycles. The first kappa shape index (κ1) is 9.73. The van der Waals surface area contributed by atoms with Gasteiger partial charge in [-0.05, 0) is 13.0 Å². The number of hydrogen-bond donors (Lipinski definition) is 1. The van der Waals surface area contributed by atoms with E-state index in [0.29, 0.717) is 12.2 Å². The summed E-state index contributed by atoms with van der Waals surface area (Å²) < 4.78 is 6.06. The standard InChI is InChI=1S/C8H12N2O3/c1-3-10-6(5-11)4-7(9-10)8(12)13-2/h4,11H,3,5H2,1-2H3. The number of hydrogen-bond acceptors (Lipinski definition) is 4. The van der Waals surface area contributed by atoms with Crippen molar-refractivity contribution in [3.05, 3.63) is 17.5 Å². The van der Waals surface area contributed by atoms with Gasteiger partial charge in [0.25, 0.3) is 0 Å². The number of carbonyl (C=O) groups excluding carboxylic acids is 1.